The Hall–Kier alpha value is -1.26. The van der Waals surface area contributed by atoms with Crippen LogP contribution >= 0.6 is 11.6 Å². The highest BCUT2D eigenvalue weighted by Gasteiger charge is 2.48. The molecule has 1 saturated carbocycles. The second-order valence-electron chi connectivity index (χ2n) is 5.88. The third kappa shape index (κ3) is 2.74. The molecule has 114 valence electrons. The Kier molecular flexibility index (Phi) is 4.09. The number of carbonyl (C=O) groups is 1. The van der Waals surface area contributed by atoms with E-state index in [1.165, 1.54) is 6.42 Å². The molecule has 1 saturated heterocycles. The predicted molar refractivity (Wildman–Crippen MR) is 81.0 cm³/mol. The van der Waals surface area contributed by atoms with Crippen LogP contribution in [0.4, 0.5) is 0 Å². The van der Waals surface area contributed by atoms with Gasteiger partial charge >= 0.3 is 0 Å². The molecule has 5 heteroatoms. The zero-order valence-electron chi connectivity index (χ0n) is 12.2. The van der Waals surface area contributed by atoms with Crippen molar-refractivity contribution in [1.29, 1.82) is 0 Å². The molecule has 1 amide bonds. The molecule has 4 nitrogen and oxygen atoms in total. The molecule has 1 atom stereocenters. The standard InChI is InChI=1S/C16H20ClNO3/c1-20-13-3-2-11(17)10-12(13)15(19)18-14-4-5-16(14)6-8-21-9-7-16/h2-3,10,14H,4-9H2,1H3,(H,18,19). The van der Waals surface area contributed by atoms with E-state index in [4.69, 9.17) is 21.1 Å². The number of hydrogen-bond donors (Lipinski definition) is 1. The number of methoxy groups -OCH3 is 1. The lowest BCUT2D eigenvalue weighted by Gasteiger charge is -2.52. The molecule has 0 aromatic heterocycles. The molecule has 2 fully saturated rings. The van der Waals surface area contributed by atoms with Gasteiger partial charge in [-0.15, -0.1) is 0 Å². The van der Waals surface area contributed by atoms with Gasteiger partial charge in [0.15, 0.2) is 0 Å². The summed E-state index contributed by atoms with van der Waals surface area (Å²) in [5.41, 5.74) is 0.735. The van der Waals surface area contributed by atoms with Crippen LogP contribution in [0, 0.1) is 5.41 Å². The first-order chi connectivity index (χ1) is 10.1. The van der Waals surface area contributed by atoms with Gasteiger partial charge in [0.05, 0.1) is 12.7 Å². The molecular formula is C16H20ClNO3. The highest BCUT2D eigenvalue weighted by atomic mass is 35.5. The van der Waals surface area contributed by atoms with Gasteiger partial charge in [-0.2, -0.15) is 0 Å². The Morgan fingerprint density at radius 3 is 2.76 bits per heavy atom. The first-order valence-corrected chi connectivity index (χ1v) is 7.75. The normalized spacial score (nSPS) is 23.4. The molecule has 2 aliphatic rings. The van der Waals surface area contributed by atoms with Crippen LogP contribution in [0.15, 0.2) is 18.2 Å². The van der Waals surface area contributed by atoms with E-state index in [9.17, 15) is 4.79 Å². The minimum absolute atomic E-state index is 0.107. The van der Waals surface area contributed by atoms with E-state index in [0.717, 1.165) is 32.5 Å². The SMILES string of the molecule is COc1ccc(Cl)cc1C(=O)NC1CCC12CCOCC2. The number of nitrogens with one attached hydrogen (secondary N) is 1. The van der Waals surface area contributed by atoms with Gasteiger partial charge in [-0.3, -0.25) is 4.79 Å². The summed E-state index contributed by atoms with van der Waals surface area (Å²) in [6.45, 7) is 1.60. The molecule has 21 heavy (non-hydrogen) atoms. The van der Waals surface area contributed by atoms with Gasteiger partial charge < -0.3 is 14.8 Å². The minimum Gasteiger partial charge on any atom is -0.496 e. The van der Waals surface area contributed by atoms with Crippen LogP contribution in [-0.2, 0) is 4.74 Å². The van der Waals surface area contributed by atoms with Crippen LogP contribution in [0.2, 0.25) is 5.02 Å². The summed E-state index contributed by atoms with van der Waals surface area (Å²) >= 11 is 5.99. The summed E-state index contributed by atoms with van der Waals surface area (Å²) in [6, 6.07) is 5.34. The van der Waals surface area contributed by atoms with Crippen molar-refractivity contribution in [2.75, 3.05) is 20.3 Å². The Balaban J connectivity index is 1.73. The fraction of sp³-hybridized carbons (Fsp3) is 0.562. The number of halogens is 1. The summed E-state index contributed by atoms with van der Waals surface area (Å²) in [4.78, 5) is 12.5. The van der Waals surface area contributed by atoms with Crippen LogP contribution in [0.1, 0.15) is 36.0 Å². The van der Waals surface area contributed by atoms with Crippen molar-refractivity contribution in [3.05, 3.63) is 28.8 Å². The molecule has 1 unspecified atom stereocenters. The molecule has 0 radical (unpaired) electrons. The molecule has 1 aromatic rings. The van der Waals surface area contributed by atoms with E-state index in [-0.39, 0.29) is 17.4 Å². The molecule has 3 rings (SSSR count). The van der Waals surface area contributed by atoms with Crippen molar-refractivity contribution in [1.82, 2.24) is 5.32 Å². The quantitative estimate of drug-likeness (QED) is 0.933. The molecular weight excluding hydrogens is 290 g/mol. The van der Waals surface area contributed by atoms with Gasteiger partial charge in [0.1, 0.15) is 5.75 Å². The average molecular weight is 310 g/mol. The maximum Gasteiger partial charge on any atom is 0.255 e. The maximum absolute atomic E-state index is 12.5. The summed E-state index contributed by atoms with van der Waals surface area (Å²) in [6.07, 6.45) is 4.28. The summed E-state index contributed by atoms with van der Waals surface area (Å²) in [7, 11) is 1.56. The lowest BCUT2D eigenvalue weighted by Crippen LogP contribution is -2.57. The number of carbonyl (C=O) groups excluding carboxylic acids is 1. The van der Waals surface area contributed by atoms with Gasteiger partial charge in [0.25, 0.3) is 5.91 Å². The van der Waals surface area contributed by atoms with Crippen LogP contribution in [-0.4, -0.2) is 32.3 Å². The number of ether oxygens (including phenoxy) is 2. The van der Waals surface area contributed by atoms with Crippen LogP contribution in [0.25, 0.3) is 0 Å². The lowest BCUT2D eigenvalue weighted by molar-refractivity contribution is -0.0523. The summed E-state index contributed by atoms with van der Waals surface area (Å²) in [5.74, 6) is 0.446. The van der Waals surface area contributed by atoms with Gasteiger partial charge in [-0.05, 0) is 49.3 Å². The number of hydrogen-bond acceptors (Lipinski definition) is 3. The molecule has 1 aliphatic heterocycles. The highest BCUT2D eigenvalue weighted by Crippen LogP contribution is 2.48. The Labute approximate surface area is 129 Å². The highest BCUT2D eigenvalue weighted by molar-refractivity contribution is 6.31. The van der Waals surface area contributed by atoms with Gasteiger partial charge in [-0.1, -0.05) is 11.6 Å². The van der Waals surface area contributed by atoms with Crippen molar-refractivity contribution >= 4 is 17.5 Å². The first kappa shape index (κ1) is 14.7. The van der Waals surface area contributed by atoms with E-state index >= 15 is 0 Å². The molecule has 1 aliphatic carbocycles. The third-order valence-electron chi connectivity index (χ3n) is 4.87. The van der Waals surface area contributed by atoms with Crippen LogP contribution < -0.4 is 10.1 Å². The summed E-state index contributed by atoms with van der Waals surface area (Å²) < 4.78 is 10.7. The number of benzene rings is 1. The average Bonchev–Trinajstić information content (AvgIpc) is 2.52. The monoisotopic (exact) mass is 309 g/mol. The fourth-order valence-corrected chi connectivity index (χ4v) is 3.56. The Morgan fingerprint density at radius 2 is 2.14 bits per heavy atom. The molecule has 1 heterocycles. The van der Waals surface area contributed by atoms with Gasteiger partial charge in [-0.25, -0.2) is 0 Å². The van der Waals surface area contributed by atoms with Crippen LogP contribution in [0.3, 0.4) is 0 Å². The van der Waals surface area contributed by atoms with E-state index in [1.54, 1.807) is 25.3 Å². The van der Waals surface area contributed by atoms with Gasteiger partial charge in [0.2, 0.25) is 0 Å². The largest absolute Gasteiger partial charge is 0.496 e. The molecule has 1 aromatic carbocycles. The maximum atomic E-state index is 12.5. The predicted octanol–water partition coefficient (Wildman–Crippen LogP) is 3.04. The molecule has 0 bridgehead atoms. The van der Waals surface area contributed by atoms with E-state index in [2.05, 4.69) is 5.32 Å². The minimum atomic E-state index is -0.107. The Bertz CT molecular complexity index is 540. The van der Waals surface area contributed by atoms with E-state index in [1.807, 2.05) is 0 Å². The Morgan fingerprint density at radius 1 is 1.38 bits per heavy atom. The van der Waals surface area contributed by atoms with E-state index in [0.29, 0.717) is 16.3 Å². The molecule has 1 spiro atoms. The topological polar surface area (TPSA) is 47.6 Å². The van der Waals surface area contributed by atoms with Gasteiger partial charge in [0, 0.05) is 24.3 Å². The smallest absolute Gasteiger partial charge is 0.255 e. The van der Waals surface area contributed by atoms with Crippen molar-refractivity contribution in [2.45, 2.75) is 31.7 Å². The second-order valence-corrected chi connectivity index (χ2v) is 6.32. The zero-order valence-corrected chi connectivity index (χ0v) is 12.9. The van der Waals surface area contributed by atoms with Crippen molar-refractivity contribution in [3.8, 4) is 5.75 Å². The first-order valence-electron chi connectivity index (χ1n) is 7.37. The van der Waals surface area contributed by atoms with Crippen molar-refractivity contribution < 1.29 is 14.3 Å². The number of amides is 1. The van der Waals surface area contributed by atoms with Crippen LogP contribution in [0.5, 0.6) is 5.75 Å². The third-order valence-corrected chi connectivity index (χ3v) is 5.11. The van der Waals surface area contributed by atoms with Crippen molar-refractivity contribution in [2.24, 2.45) is 5.41 Å². The second kappa shape index (κ2) is 5.85. The fourth-order valence-electron chi connectivity index (χ4n) is 3.39. The lowest BCUT2D eigenvalue weighted by atomic mass is 9.60. The number of rotatable bonds is 3. The summed E-state index contributed by atoms with van der Waals surface area (Å²) in [5, 5.41) is 3.70. The molecule has 1 N–H and O–H groups in total. The van der Waals surface area contributed by atoms with E-state index < -0.39 is 0 Å². The zero-order chi connectivity index (χ0) is 14.9. The van der Waals surface area contributed by atoms with Crippen molar-refractivity contribution in [3.63, 3.8) is 0 Å².